The van der Waals surface area contributed by atoms with Crippen LogP contribution < -0.4 is 11.1 Å². The largest absolute Gasteiger partial charge is 0.384 e. The average Bonchev–Trinajstić information content (AvgIpc) is 2.40. The van der Waals surface area contributed by atoms with Gasteiger partial charge in [0.05, 0.1) is 33.7 Å². The highest BCUT2D eigenvalue weighted by molar-refractivity contribution is 7.84. The molecule has 1 aromatic carbocycles. The fourth-order valence-electron chi connectivity index (χ4n) is 2.28. The van der Waals surface area contributed by atoms with E-state index in [1.54, 1.807) is 0 Å². The molecule has 3 N–H and O–H groups in total. The van der Waals surface area contributed by atoms with Gasteiger partial charge in [0.2, 0.25) is 0 Å². The highest BCUT2D eigenvalue weighted by Crippen LogP contribution is 2.42. The molecule has 1 aliphatic rings. The Kier molecular flexibility index (Phi) is 3.25. The zero-order valence-electron chi connectivity index (χ0n) is 10.3. The molecule has 1 unspecified atom stereocenters. The fraction of sp³-hybridized carbons (Fsp3) is 0.143. The smallest absolute Gasteiger partial charge is 0.116 e. The van der Waals surface area contributed by atoms with Gasteiger partial charge in [0.1, 0.15) is 5.82 Å². The molecule has 19 heavy (non-hydrogen) atoms. The predicted molar refractivity (Wildman–Crippen MR) is 75.4 cm³/mol. The van der Waals surface area contributed by atoms with Gasteiger partial charge in [-0.25, -0.2) is 0 Å². The summed E-state index contributed by atoms with van der Waals surface area (Å²) in [7, 11) is 0. The van der Waals surface area contributed by atoms with E-state index in [1.807, 2.05) is 37.3 Å². The summed E-state index contributed by atoms with van der Waals surface area (Å²) >= 11 is 4.26. The van der Waals surface area contributed by atoms with E-state index in [2.05, 4.69) is 30.1 Å². The van der Waals surface area contributed by atoms with Gasteiger partial charge in [-0.15, -0.1) is 12.6 Å². The maximum absolute atomic E-state index is 9.39. The first-order chi connectivity index (χ1) is 9.05. The van der Waals surface area contributed by atoms with E-state index in [4.69, 9.17) is 5.73 Å². The Balaban J connectivity index is 2.78. The number of rotatable bonds is 1. The molecule has 0 saturated carbocycles. The van der Waals surface area contributed by atoms with Crippen molar-refractivity contribution in [1.82, 2.24) is 5.32 Å². The molecular formula is C14H12N4S. The minimum absolute atomic E-state index is 0.234. The van der Waals surface area contributed by atoms with E-state index >= 15 is 0 Å². The molecule has 0 fully saturated rings. The van der Waals surface area contributed by atoms with Crippen LogP contribution in [0.15, 0.2) is 52.3 Å². The van der Waals surface area contributed by atoms with E-state index in [-0.39, 0.29) is 5.82 Å². The Bertz CT molecular complexity index is 623. The molecule has 1 heterocycles. The summed E-state index contributed by atoms with van der Waals surface area (Å²) in [4.78, 5) is 0. The summed E-state index contributed by atoms with van der Waals surface area (Å²) in [6.45, 7) is 1.81. The van der Waals surface area contributed by atoms with Crippen molar-refractivity contribution in [3.05, 3.63) is 57.9 Å². The van der Waals surface area contributed by atoms with Gasteiger partial charge in [-0.1, -0.05) is 30.3 Å². The number of nitriles is 2. The average molecular weight is 268 g/mol. The monoisotopic (exact) mass is 268 g/mol. The van der Waals surface area contributed by atoms with Gasteiger partial charge in [-0.2, -0.15) is 10.5 Å². The second-order valence-corrected chi connectivity index (χ2v) is 4.80. The lowest BCUT2D eigenvalue weighted by Gasteiger charge is -2.34. The molecule has 2 rings (SSSR count). The van der Waals surface area contributed by atoms with Crippen molar-refractivity contribution in [3.63, 3.8) is 0 Å². The lowest BCUT2D eigenvalue weighted by molar-refractivity contribution is 0.648. The molecule has 94 valence electrons. The van der Waals surface area contributed by atoms with Crippen molar-refractivity contribution < 1.29 is 0 Å². The standard InChI is InChI=1S/C14H12N4S/c1-14(9-5-3-2-4-6-9)10(7-15)12(17)18-13(19)11(14)8-16/h2-6,18-19H,17H2,1H3. The predicted octanol–water partition coefficient (Wildman–Crippen LogP) is 1.91. The van der Waals surface area contributed by atoms with Gasteiger partial charge >= 0.3 is 0 Å². The van der Waals surface area contributed by atoms with Crippen LogP contribution in [0.2, 0.25) is 0 Å². The van der Waals surface area contributed by atoms with Crippen LogP contribution in [0.3, 0.4) is 0 Å². The highest BCUT2D eigenvalue weighted by Gasteiger charge is 2.42. The number of thiol groups is 1. The molecule has 5 heteroatoms. The van der Waals surface area contributed by atoms with Crippen molar-refractivity contribution >= 4 is 12.6 Å². The summed E-state index contributed by atoms with van der Waals surface area (Å²) in [6.07, 6.45) is 0. The number of dihydropyridines is 1. The van der Waals surface area contributed by atoms with Crippen molar-refractivity contribution in [2.75, 3.05) is 0 Å². The second-order valence-electron chi connectivity index (χ2n) is 4.35. The molecule has 0 saturated heterocycles. The molecule has 0 radical (unpaired) electrons. The van der Waals surface area contributed by atoms with E-state index in [9.17, 15) is 10.5 Å². The molecule has 0 aromatic heterocycles. The summed E-state index contributed by atoms with van der Waals surface area (Å²) in [6, 6.07) is 13.6. The lowest BCUT2D eigenvalue weighted by atomic mass is 9.70. The zero-order chi connectivity index (χ0) is 14.0. The minimum Gasteiger partial charge on any atom is -0.384 e. The SMILES string of the molecule is CC1(c2ccccc2)C(C#N)=C(N)NC(S)=C1C#N. The van der Waals surface area contributed by atoms with Gasteiger partial charge in [-0.3, -0.25) is 0 Å². The molecule has 4 nitrogen and oxygen atoms in total. The molecule has 0 spiro atoms. The Labute approximate surface area is 117 Å². The van der Waals surface area contributed by atoms with E-state index in [0.717, 1.165) is 5.56 Å². The topological polar surface area (TPSA) is 85.6 Å². The van der Waals surface area contributed by atoms with Crippen LogP contribution in [-0.2, 0) is 5.41 Å². The van der Waals surface area contributed by atoms with E-state index in [1.165, 1.54) is 0 Å². The molecule has 0 bridgehead atoms. The van der Waals surface area contributed by atoms with Gasteiger partial charge in [-0.05, 0) is 12.5 Å². The highest BCUT2D eigenvalue weighted by atomic mass is 32.1. The Morgan fingerprint density at radius 3 is 2.26 bits per heavy atom. The number of hydrogen-bond acceptors (Lipinski definition) is 5. The Hall–Kier alpha value is -2.37. The van der Waals surface area contributed by atoms with Crippen molar-refractivity contribution in [3.8, 4) is 12.1 Å². The van der Waals surface area contributed by atoms with Crippen LogP contribution >= 0.6 is 12.6 Å². The van der Waals surface area contributed by atoms with Crippen LogP contribution in [0.4, 0.5) is 0 Å². The second kappa shape index (κ2) is 4.72. The van der Waals surface area contributed by atoms with Crippen LogP contribution in [0.25, 0.3) is 0 Å². The van der Waals surface area contributed by atoms with Gasteiger partial charge < -0.3 is 11.1 Å². The Morgan fingerprint density at radius 1 is 1.16 bits per heavy atom. The number of allylic oxidation sites excluding steroid dienone is 2. The van der Waals surface area contributed by atoms with Gasteiger partial charge in [0.25, 0.3) is 0 Å². The summed E-state index contributed by atoms with van der Waals surface area (Å²) in [5.41, 5.74) is 6.53. The Morgan fingerprint density at radius 2 is 1.74 bits per heavy atom. The molecule has 1 aliphatic heterocycles. The molecule has 0 amide bonds. The first-order valence-corrected chi connectivity index (χ1v) is 6.07. The first kappa shape index (κ1) is 13.1. The van der Waals surface area contributed by atoms with Crippen molar-refractivity contribution in [2.45, 2.75) is 12.3 Å². The van der Waals surface area contributed by atoms with Crippen molar-refractivity contribution in [1.29, 1.82) is 10.5 Å². The molecule has 1 atom stereocenters. The first-order valence-electron chi connectivity index (χ1n) is 5.62. The van der Waals surface area contributed by atoms with Gasteiger partial charge in [0, 0.05) is 0 Å². The van der Waals surface area contributed by atoms with Crippen molar-refractivity contribution in [2.24, 2.45) is 5.73 Å². The third-order valence-corrected chi connectivity index (χ3v) is 3.67. The van der Waals surface area contributed by atoms with Gasteiger partial charge in [0.15, 0.2) is 0 Å². The molecular weight excluding hydrogens is 256 g/mol. The number of nitrogens with zero attached hydrogens (tertiary/aromatic N) is 2. The lowest BCUT2D eigenvalue weighted by Crippen LogP contribution is -2.38. The van der Waals surface area contributed by atoms with Crippen LogP contribution in [0.1, 0.15) is 12.5 Å². The molecule has 1 aromatic rings. The van der Waals surface area contributed by atoms with E-state index < -0.39 is 5.41 Å². The van der Waals surface area contributed by atoms with Crippen LogP contribution in [0.5, 0.6) is 0 Å². The quantitative estimate of drug-likeness (QED) is 0.679. The third kappa shape index (κ3) is 1.85. The minimum atomic E-state index is -0.878. The summed E-state index contributed by atoms with van der Waals surface area (Å²) in [5.74, 6) is 0.234. The van der Waals surface area contributed by atoms with E-state index in [0.29, 0.717) is 16.2 Å². The number of benzene rings is 1. The third-order valence-electron chi connectivity index (χ3n) is 3.33. The number of nitrogens with two attached hydrogens (primary N) is 1. The molecule has 0 aliphatic carbocycles. The number of nitrogens with one attached hydrogen (secondary N) is 1. The fourth-order valence-corrected chi connectivity index (χ4v) is 2.67. The summed E-state index contributed by atoms with van der Waals surface area (Å²) < 4.78 is 0. The maximum atomic E-state index is 9.39. The van der Waals surface area contributed by atoms with Crippen LogP contribution in [-0.4, -0.2) is 0 Å². The zero-order valence-corrected chi connectivity index (χ0v) is 11.2. The normalized spacial score (nSPS) is 22.5. The maximum Gasteiger partial charge on any atom is 0.116 e. The number of hydrogen-bond donors (Lipinski definition) is 3. The van der Waals surface area contributed by atoms with Crippen LogP contribution in [0, 0.1) is 22.7 Å². The summed E-state index contributed by atoms with van der Waals surface area (Å²) in [5, 5.41) is 21.9.